The second-order valence-electron chi connectivity index (χ2n) is 16.3. The van der Waals surface area contributed by atoms with Gasteiger partial charge in [-0.15, -0.1) is 0 Å². The van der Waals surface area contributed by atoms with Gasteiger partial charge in [-0.2, -0.15) is 10.2 Å². The zero-order chi connectivity index (χ0) is 45.8. The molecule has 0 fully saturated rings. The number of amides is 2. The van der Waals surface area contributed by atoms with Crippen molar-refractivity contribution in [3.05, 3.63) is 101 Å². The zero-order valence-electron chi connectivity index (χ0n) is 36.6. The molecule has 0 saturated heterocycles. The Morgan fingerprint density at radius 2 is 1.18 bits per heavy atom. The van der Waals surface area contributed by atoms with Crippen LogP contribution >= 0.6 is 15.9 Å². The highest BCUT2D eigenvalue weighted by atomic mass is 79.9. The summed E-state index contributed by atoms with van der Waals surface area (Å²) in [5, 5.41) is 52.2. The predicted octanol–water partition coefficient (Wildman–Crippen LogP) is 4.43. The molecule has 62 heavy (non-hydrogen) atoms. The van der Waals surface area contributed by atoms with Crippen LogP contribution in [-0.2, 0) is 0 Å². The lowest BCUT2D eigenvalue weighted by atomic mass is 9.80. The van der Waals surface area contributed by atoms with E-state index in [9.17, 15) is 19.8 Å². The van der Waals surface area contributed by atoms with Gasteiger partial charge in [-0.3, -0.25) is 9.59 Å². The van der Waals surface area contributed by atoms with Gasteiger partial charge >= 0.3 is 7.12 Å². The third kappa shape index (κ3) is 13.2. The highest BCUT2D eigenvalue weighted by Crippen LogP contribution is 2.31. The van der Waals surface area contributed by atoms with Gasteiger partial charge in [0.05, 0.1) is 59.1 Å². The highest BCUT2D eigenvalue weighted by Gasteiger charge is 2.21. The average molecular weight is 916 g/mol. The average Bonchev–Trinajstić information content (AvgIpc) is 3.84. The Morgan fingerprint density at radius 3 is 1.63 bits per heavy atom. The minimum Gasteiger partial charge on any atom is -0.423 e. The summed E-state index contributed by atoms with van der Waals surface area (Å²) in [6.45, 7) is 8.28. The van der Waals surface area contributed by atoms with Crippen molar-refractivity contribution in [1.82, 2.24) is 19.2 Å². The molecule has 10 N–H and O–H groups in total. The van der Waals surface area contributed by atoms with Crippen LogP contribution in [0.25, 0.3) is 22.2 Å². The molecular formula is C44H60BBrN10O6. The van der Waals surface area contributed by atoms with Gasteiger partial charge in [0, 0.05) is 74.1 Å². The maximum Gasteiger partial charge on any atom is 0.488 e. The summed E-state index contributed by atoms with van der Waals surface area (Å²) in [5.74, 6) is -0.291. The Hall–Kier alpha value is -5.66. The number of rotatable bonds is 16. The van der Waals surface area contributed by atoms with Crippen molar-refractivity contribution >= 4 is 74.1 Å². The topological polar surface area (TPSA) is 232 Å². The van der Waals surface area contributed by atoms with E-state index in [-0.39, 0.29) is 25.3 Å². The molecule has 332 valence electrons. The van der Waals surface area contributed by atoms with Crippen LogP contribution in [0.2, 0.25) is 0 Å². The smallest absolute Gasteiger partial charge is 0.423 e. The predicted molar refractivity (Wildman–Crippen MR) is 253 cm³/mol. The maximum absolute atomic E-state index is 12.0. The summed E-state index contributed by atoms with van der Waals surface area (Å²) in [7, 11) is 6.43. The number of fused-ring (bicyclic) bond motifs is 2. The third-order valence-corrected chi connectivity index (χ3v) is 10.2. The summed E-state index contributed by atoms with van der Waals surface area (Å²) in [4.78, 5) is 27.6. The zero-order valence-corrected chi connectivity index (χ0v) is 38.2. The number of hydrogen-bond acceptors (Lipinski definition) is 12. The van der Waals surface area contributed by atoms with Crippen molar-refractivity contribution in [1.29, 1.82) is 0 Å². The minimum atomic E-state index is -1.38. The van der Waals surface area contributed by atoms with Crippen LogP contribution < -0.4 is 37.4 Å². The van der Waals surface area contributed by atoms with E-state index in [4.69, 9.17) is 21.5 Å². The fourth-order valence-corrected chi connectivity index (χ4v) is 7.16. The number of primary amides is 2. The summed E-state index contributed by atoms with van der Waals surface area (Å²) >= 11 is 3.39. The molecule has 4 heterocycles. The monoisotopic (exact) mass is 914 g/mol. The number of aliphatic hydroxyl groups excluding tert-OH is 2. The number of aliphatic hydroxyl groups is 2. The molecule has 0 aliphatic carbocycles. The molecule has 0 spiro atoms. The van der Waals surface area contributed by atoms with E-state index in [2.05, 4.69) is 70.5 Å². The van der Waals surface area contributed by atoms with Gasteiger partial charge < -0.3 is 52.2 Å². The molecule has 0 saturated carbocycles. The van der Waals surface area contributed by atoms with Crippen LogP contribution in [0.5, 0.6) is 0 Å². The Labute approximate surface area is 371 Å². The number of nitrogens with two attached hydrogens (primary N) is 2. The van der Waals surface area contributed by atoms with E-state index in [0.717, 1.165) is 50.8 Å². The van der Waals surface area contributed by atoms with E-state index < -0.39 is 18.9 Å². The number of aromatic nitrogens is 4. The summed E-state index contributed by atoms with van der Waals surface area (Å²) in [5.41, 5.74) is 18.9. The SMILES string of the molecule is CC(C)C[C@@H](CO)Nc1c(C(N)=O)cnn2cc(-c3cccc(N(C)C)c3)cc12.CC(C)C[C@@H](CO)Nc1c(C(N)=O)cnn2cc(Br)cc12.CN(C)c1cccc(B(O)O)c1. The number of halogens is 1. The van der Waals surface area contributed by atoms with Crippen LogP contribution in [0, 0.1) is 11.8 Å². The fraction of sp³-hybridized carbons (Fsp3) is 0.364. The molecule has 16 nitrogen and oxygen atoms in total. The van der Waals surface area contributed by atoms with E-state index in [1.165, 1.54) is 12.4 Å². The molecule has 0 aliphatic heterocycles. The van der Waals surface area contributed by atoms with Crippen molar-refractivity contribution < 1.29 is 29.9 Å². The molecule has 6 rings (SSSR count). The first-order chi connectivity index (χ1) is 29.3. The van der Waals surface area contributed by atoms with Crippen molar-refractivity contribution in [3.63, 3.8) is 0 Å². The van der Waals surface area contributed by atoms with Gasteiger partial charge in [-0.05, 0) is 88.0 Å². The summed E-state index contributed by atoms with van der Waals surface area (Å²) in [6, 6.07) is 18.8. The molecule has 18 heteroatoms. The number of hydrogen-bond donors (Lipinski definition) is 8. The van der Waals surface area contributed by atoms with Gasteiger partial charge in [0.2, 0.25) is 0 Å². The van der Waals surface area contributed by atoms with Gasteiger partial charge in [0.1, 0.15) is 0 Å². The number of carbonyl (C=O) groups is 2. The first-order valence-corrected chi connectivity index (χ1v) is 21.1. The fourth-order valence-electron chi connectivity index (χ4n) is 6.75. The molecule has 0 radical (unpaired) electrons. The lowest BCUT2D eigenvalue weighted by Gasteiger charge is -2.21. The Bertz CT molecular complexity index is 2400. The molecule has 6 aromatic rings. The molecule has 0 bridgehead atoms. The van der Waals surface area contributed by atoms with Crippen LogP contribution in [0.1, 0.15) is 61.3 Å². The van der Waals surface area contributed by atoms with Crippen LogP contribution in [0.3, 0.4) is 0 Å². The summed E-state index contributed by atoms with van der Waals surface area (Å²) < 4.78 is 4.24. The molecule has 0 aliphatic rings. The standard InChI is InChI=1S/C22H29N5O2.C14H19BrN4O2.C8H12BNO2/c1-14(2)8-17(13-28)25-21-19(22(23)29)11-24-27-12-16(10-20(21)27)15-6-5-7-18(9-15)26(3)4;1-8(2)3-10(7-20)18-13-11(14(16)21)5-17-19-6-9(15)4-12(13)19;1-10(2)8-5-3-4-7(6-8)9(11)12/h5-7,9-12,14,17,25,28H,8,13H2,1-4H3,(H2,23,29);4-6,8,10,18,20H,3,7H2,1-2H3,(H2,16,21);3-6,11-12H,1-2H3/t17-;10-;/m00./s1. The lowest BCUT2D eigenvalue weighted by Crippen LogP contribution is -2.30. The number of benzene rings is 2. The van der Waals surface area contributed by atoms with E-state index in [1.807, 2.05) is 80.6 Å². The van der Waals surface area contributed by atoms with Gasteiger partial charge in [0.15, 0.2) is 0 Å². The molecule has 2 aromatic carbocycles. The van der Waals surface area contributed by atoms with Crippen LogP contribution in [0.4, 0.5) is 22.7 Å². The highest BCUT2D eigenvalue weighted by molar-refractivity contribution is 9.10. The number of anilines is 4. The number of nitrogens with one attached hydrogen (secondary N) is 2. The van der Waals surface area contributed by atoms with Crippen LogP contribution in [-0.4, -0.2) is 112 Å². The number of carbonyl (C=O) groups excluding carboxylic acids is 2. The second kappa shape index (κ2) is 22.4. The third-order valence-electron chi connectivity index (χ3n) is 9.80. The van der Waals surface area contributed by atoms with Crippen LogP contribution in [0.15, 0.2) is 89.9 Å². The van der Waals surface area contributed by atoms with Crippen molar-refractivity contribution in [2.45, 2.75) is 52.6 Å². The van der Waals surface area contributed by atoms with E-state index in [0.29, 0.717) is 39.8 Å². The molecule has 2 amide bonds. The molecular weight excluding hydrogens is 855 g/mol. The van der Waals surface area contributed by atoms with Gasteiger partial charge in [0.25, 0.3) is 11.8 Å². The first kappa shape index (κ1) is 49.0. The maximum atomic E-state index is 12.0. The molecule has 4 aromatic heterocycles. The quantitative estimate of drug-likeness (QED) is 0.0631. The minimum absolute atomic E-state index is 0.0211. The van der Waals surface area contributed by atoms with E-state index in [1.54, 1.807) is 33.4 Å². The Balaban J connectivity index is 0.000000223. The Kier molecular flexibility index (Phi) is 17.7. The molecule has 0 unspecified atom stereocenters. The normalized spacial score (nSPS) is 12.0. The second-order valence-corrected chi connectivity index (χ2v) is 17.2. The lowest BCUT2D eigenvalue weighted by molar-refractivity contribution is 0.0992. The first-order valence-electron chi connectivity index (χ1n) is 20.3. The van der Waals surface area contributed by atoms with Crippen molar-refractivity contribution in [2.75, 3.05) is 61.8 Å². The van der Waals surface area contributed by atoms with Gasteiger partial charge in [-0.25, -0.2) is 9.03 Å². The largest absolute Gasteiger partial charge is 0.488 e. The van der Waals surface area contributed by atoms with Crippen molar-refractivity contribution in [2.24, 2.45) is 23.3 Å². The van der Waals surface area contributed by atoms with E-state index >= 15 is 0 Å². The van der Waals surface area contributed by atoms with Crippen molar-refractivity contribution in [3.8, 4) is 11.1 Å². The Morgan fingerprint density at radius 1 is 0.710 bits per heavy atom. The summed E-state index contributed by atoms with van der Waals surface area (Å²) in [6.07, 6.45) is 8.18. The number of nitrogens with zero attached hydrogens (tertiary/aromatic N) is 6. The molecule has 2 atom stereocenters. The van der Waals surface area contributed by atoms with Gasteiger partial charge in [-0.1, -0.05) is 52.0 Å².